The summed E-state index contributed by atoms with van der Waals surface area (Å²) in [5.41, 5.74) is 3.31. The van der Waals surface area contributed by atoms with Gasteiger partial charge >= 0.3 is 0 Å². The Kier molecular flexibility index (Phi) is 4.75. The highest BCUT2D eigenvalue weighted by molar-refractivity contribution is 5.94. The molecule has 1 amide bonds. The van der Waals surface area contributed by atoms with E-state index in [9.17, 15) is 4.79 Å². The maximum Gasteiger partial charge on any atom is 0.263 e. The Morgan fingerprint density at radius 3 is 3.04 bits per heavy atom. The Balaban J connectivity index is 1.54. The highest BCUT2D eigenvalue weighted by Crippen LogP contribution is 2.30. The van der Waals surface area contributed by atoms with Crippen LogP contribution in [0.25, 0.3) is 11.1 Å². The summed E-state index contributed by atoms with van der Waals surface area (Å²) in [5, 5.41) is 7.94. The number of carbonyl (C=O) groups excluding carboxylic acids is 1. The van der Waals surface area contributed by atoms with Gasteiger partial charge in [0.05, 0.1) is 11.6 Å². The zero-order valence-corrected chi connectivity index (χ0v) is 15.6. The second-order valence-corrected chi connectivity index (χ2v) is 6.93. The molecule has 1 saturated heterocycles. The number of hydrogen-bond donors (Lipinski definition) is 1. The SMILES string of the molecule is CCc1ccccc1NC(=O)C1CCCN(c2ncnc3onc(C)c23)C1. The van der Waals surface area contributed by atoms with Gasteiger partial charge in [-0.2, -0.15) is 4.98 Å². The second-order valence-electron chi connectivity index (χ2n) is 6.93. The van der Waals surface area contributed by atoms with Crippen molar-refractivity contribution in [3.63, 3.8) is 0 Å². The molecule has 2 aromatic heterocycles. The molecule has 0 aliphatic carbocycles. The van der Waals surface area contributed by atoms with Gasteiger partial charge < -0.3 is 14.7 Å². The molecule has 1 atom stereocenters. The zero-order chi connectivity index (χ0) is 18.8. The molecule has 7 heteroatoms. The van der Waals surface area contributed by atoms with Crippen molar-refractivity contribution in [2.45, 2.75) is 33.1 Å². The molecule has 3 aromatic rings. The van der Waals surface area contributed by atoms with E-state index in [1.165, 1.54) is 6.33 Å². The summed E-state index contributed by atoms with van der Waals surface area (Å²) < 4.78 is 5.25. The van der Waals surface area contributed by atoms with E-state index in [2.05, 4.69) is 38.3 Å². The minimum Gasteiger partial charge on any atom is -0.355 e. The third-order valence-corrected chi connectivity index (χ3v) is 5.17. The van der Waals surface area contributed by atoms with Crippen molar-refractivity contribution in [2.24, 2.45) is 5.92 Å². The molecule has 1 N–H and O–H groups in total. The van der Waals surface area contributed by atoms with Crippen molar-refractivity contribution >= 4 is 28.5 Å². The Hall–Kier alpha value is -2.96. The number of para-hydroxylation sites is 1. The lowest BCUT2D eigenvalue weighted by atomic mass is 9.96. The lowest BCUT2D eigenvalue weighted by Crippen LogP contribution is -2.41. The van der Waals surface area contributed by atoms with Crippen molar-refractivity contribution in [1.82, 2.24) is 15.1 Å². The number of aryl methyl sites for hydroxylation is 2. The first-order valence-corrected chi connectivity index (χ1v) is 9.38. The number of nitrogens with one attached hydrogen (secondary N) is 1. The minimum absolute atomic E-state index is 0.0629. The van der Waals surface area contributed by atoms with E-state index in [1.807, 2.05) is 25.1 Å². The lowest BCUT2D eigenvalue weighted by molar-refractivity contribution is -0.120. The molecule has 1 aliphatic heterocycles. The van der Waals surface area contributed by atoms with Crippen LogP contribution in [0, 0.1) is 12.8 Å². The van der Waals surface area contributed by atoms with Gasteiger partial charge in [-0.15, -0.1) is 0 Å². The predicted octanol–water partition coefficient (Wildman–Crippen LogP) is 3.34. The van der Waals surface area contributed by atoms with E-state index in [0.29, 0.717) is 12.3 Å². The second kappa shape index (κ2) is 7.34. The summed E-state index contributed by atoms with van der Waals surface area (Å²) >= 11 is 0. The van der Waals surface area contributed by atoms with Crippen LogP contribution >= 0.6 is 0 Å². The number of benzene rings is 1. The molecular weight excluding hydrogens is 342 g/mol. The first kappa shape index (κ1) is 17.5. The van der Waals surface area contributed by atoms with E-state index >= 15 is 0 Å². The number of aromatic nitrogens is 3. The molecule has 0 saturated carbocycles. The van der Waals surface area contributed by atoms with Crippen LogP contribution in [0.2, 0.25) is 0 Å². The smallest absolute Gasteiger partial charge is 0.263 e. The molecular formula is C20H23N5O2. The van der Waals surface area contributed by atoms with Gasteiger partial charge in [-0.25, -0.2) is 4.98 Å². The van der Waals surface area contributed by atoms with Crippen molar-refractivity contribution < 1.29 is 9.32 Å². The van der Waals surface area contributed by atoms with E-state index in [0.717, 1.165) is 54.0 Å². The summed E-state index contributed by atoms with van der Waals surface area (Å²) in [6.07, 6.45) is 4.18. The van der Waals surface area contributed by atoms with Crippen LogP contribution in [0.3, 0.4) is 0 Å². The zero-order valence-electron chi connectivity index (χ0n) is 15.6. The first-order valence-electron chi connectivity index (χ1n) is 9.38. The Morgan fingerprint density at radius 2 is 2.19 bits per heavy atom. The summed E-state index contributed by atoms with van der Waals surface area (Å²) in [6.45, 7) is 5.45. The highest BCUT2D eigenvalue weighted by atomic mass is 16.5. The van der Waals surface area contributed by atoms with Crippen molar-refractivity contribution in [2.75, 3.05) is 23.3 Å². The van der Waals surface area contributed by atoms with Crippen LogP contribution in [0.1, 0.15) is 31.0 Å². The number of hydrogen-bond acceptors (Lipinski definition) is 6. The molecule has 140 valence electrons. The van der Waals surface area contributed by atoms with E-state index in [-0.39, 0.29) is 11.8 Å². The molecule has 1 unspecified atom stereocenters. The molecule has 27 heavy (non-hydrogen) atoms. The first-order chi connectivity index (χ1) is 13.2. The van der Waals surface area contributed by atoms with Gasteiger partial charge in [0.25, 0.3) is 5.71 Å². The van der Waals surface area contributed by atoms with Gasteiger partial charge in [0.1, 0.15) is 17.5 Å². The average molecular weight is 365 g/mol. The van der Waals surface area contributed by atoms with Gasteiger partial charge in [0.15, 0.2) is 0 Å². The van der Waals surface area contributed by atoms with Crippen molar-refractivity contribution in [3.8, 4) is 0 Å². The molecule has 1 aromatic carbocycles. The van der Waals surface area contributed by atoms with Crippen LogP contribution in [-0.2, 0) is 11.2 Å². The van der Waals surface area contributed by atoms with Crippen LogP contribution in [-0.4, -0.2) is 34.1 Å². The molecule has 4 rings (SSSR count). The summed E-state index contributed by atoms with van der Waals surface area (Å²) in [4.78, 5) is 23.6. The minimum atomic E-state index is -0.0890. The summed E-state index contributed by atoms with van der Waals surface area (Å²) in [5.74, 6) is 0.770. The number of amides is 1. The number of carbonyl (C=O) groups is 1. The lowest BCUT2D eigenvalue weighted by Gasteiger charge is -2.33. The third kappa shape index (κ3) is 3.37. The monoisotopic (exact) mass is 365 g/mol. The van der Waals surface area contributed by atoms with Crippen LogP contribution < -0.4 is 10.2 Å². The maximum absolute atomic E-state index is 12.9. The van der Waals surface area contributed by atoms with E-state index < -0.39 is 0 Å². The van der Waals surface area contributed by atoms with E-state index in [4.69, 9.17) is 4.52 Å². The number of nitrogens with zero attached hydrogens (tertiary/aromatic N) is 4. The molecule has 0 spiro atoms. The van der Waals surface area contributed by atoms with Crippen LogP contribution in [0.15, 0.2) is 35.1 Å². The molecule has 7 nitrogen and oxygen atoms in total. The number of piperidine rings is 1. The third-order valence-electron chi connectivity index (χ3n) is 5.17. The summed E-state index contributed by atoms with van der Waals surface area (Å²) in [7, 11) is 0. The topological polar surface area (TPSA) is 84.2 Å². The average Bonchev–Trinajstić information content (AvgIpc) is 3.09. The van der Waals surface area contributed by atoms with Gasteiger partial charge in [0, 0.05) is 18.8 Å². The quantitative estimate of drug-likeness (QED) is 0.763. The van der Waals surface area contributed by atoms with Gasteiger partial charge in [-0.05, 0) is 37.8 Å². The fourth-order valence-corrected chi connectivity index (χ4v) is 3.71. The Morgan fingerprint density at radius 1 is 1.33 bits per heavy atom. The molecule has 0 radical (unpaired) electrons. The van der Waals surface area contributed by atoms with Crippen molar-refractivity contribution in [3.05, 3.63) is 41.9 Å². The fraction of sp³-hybridized carbons (Fsp3) is 0.400. The van der Waals surface area contributed by atoms with Crippen molar-refractivity contribution in [1.29, 1.82) is 0 Å². The Labute approximate surface area is 157 Å². The summed E-state index contributed by atoms with van der Waals surface area (Å²) in [6, 6.07) is 7.97. The molecule has 1 aliphatic rings. The molecule has 0 bridgehead atoms. The largest absolute Gasteiger partial charge is 0.355 e. The number of fused-ring (bicyclic) bond motifs is 1. The highest BCUT2D eigenvalue weighted by Gasteiger charge is 2.28. The van der Waals surface area contributed by atoms with Gasteiger partial charge in [0.2, 0.25) is 5.91 Å². The fourth-order valence-electron chi connectivity index (χ4n) is 3.71. The number of anilines is 2. The Bertz CT molecular complexity index is 968. The van der Waals surface area contributed by atoms with Crippen LogP contribution in [0.4, 0.5) is 11.5 Å². The normalized spacial score (nSPS) is 17.3. The maximum atomic E-state index is 12.9. The van der Waals surface area contributed by atoms with Gasteiger partial charge in [-0.3, -0.25) is 4.79 Å². The number of rotatable bonds is 4. The standard InChI is InChI=1S/C20H23N5O2/c1-3-14-7-4-5-9-16(14)23-19(26)15-8-6-10-25(11-15)18-17-13(2)24-27-20(17)22-12-21-18/h4-5,7,9,12,15H,3,6,8,10-11H2,1-2H3,(H,23,26). The van der Waals surface area contributed by atoms with Crippen LogP contribution in [0.5, 0.6) is 0 Å². The van der Waals surface area contributed by atoms with Gasteiger partial charge in [-0.1, -0.05) is 30.3 Å². The molecule has 3 heterocycles. The predicted molar refractivity (Wildman–Crippen MR) is 104 cm³/mol. The molecule has 1 fully saturated rings. The van der Waals surface area contributed by atoms with E-state index in [1.54, 1.807) is 0 Å².